The summed E-state index contributed by atoms with van der Waals surface area (Å²) in [5, 5.41) is 0. The van der Waals surface area contributed by atoms with E-state index >= 15 is 0 Å². The van der Waals surface area contributed by atoms with Crippen LogP contribution in [0.3, 0.4) is 0 Å². The second-order valence-electron chi connectivity index (χ2n) is 6.04. The van der Waals surface area contributed by atoms with E-state index in [1.165, 1.54) is 0 Å². The Bertz CT molecular complexity index is 1040. The molecule has 0 aliphatic heterocycles. The summed E-state index contributed by atoms with van der Waals surface area (Å²) in [6, 6.07) is 10.5. The summed E-state index contributed by atoms with van der Waals surface area (Å²) >= 11 is 0. The summed E-state index contributed by atoms with van der Waals surface area (Å²) in [5.74, 6) is -0.207. The molecule has 27 heavy (non-hydrogen) atoms. The molecule has 0 unspecified atom stereocenters. The number of nitrogens with one attached hydrogen (secondary N) is 1. The second kappa shape index (κ2) is 7.26. The Morgan fingerprint density at radius 3 is 2.30 bits per heavy atom. The predicted molar refractivity (Wildman–Crippen MR) is 96.8 cm³/mol. The predicted octanol–water partition coefficient (Wildman–Crippen LogP) is 0.129. The summed E-state index contributed by atoms with van der Waals surface area (Å²) in [6.45, 7) is 0. The number of nitrogens with zero attached hydrogens (tertiary/aromatic N) is 3. The van der Waals surface area contributed by atoms with Crippen molar-refractivity contribution >= 4 is 27.9 Å². The molecular formula is C17H17N8OZn-. The molecule has 0 saturated heterocycles. The zero-order valence-electron chi connectivity index (χ0n) is 14.4. The van der Waals surface area contributed by atoms with Crippen molar-refractivity contribution < 1.29 is 24.3 Å². The fourth-order valence-electron chi connectivity index (χ4n) is 2.73. The zero-order chi connectivity index (χ0) is 18.4. The number of imidazole rings is 2. The van der Waals surface area contributed by atoms with Crippen LogP contribution < -0.4 is 27.9 Å². The summed E-state index contributed by atoms with van der Waals surface area (Å²) in [5.41, 5.74) is 26.6. The van der Waals surface area contributed by atoms with E-state index in [1.807, 2.05) is 0 Å². The minimum Gasteiger partial charge on any atom is -0.433 e. The quantitative estimate of drug-likeness (QED) is 0.178. The van der Waals surface area contributed by atoms with Gasteiger partial charge >= 0.3 is 0 Å². The molecule has 9 nitrogen and oxygen atoms in total. The van der Waals surface area contributed by atoms with Gasteiger partial charge in [0.25, 0.3) is 0 Å². The Labute approximate surface area is 166 Å². The van der Waals surface area contributed by atoms with Crippen molar-refractivity contribution in [3.05, 3.63) is 59.2 Å². The molecule has 0 aliphatic rings. The van der Waals surface area contributed by atoms with Crippen LogP contribution in [0.4, 0.5) is 0 Å². The van der Waals surface area contributed by atoms with Crippen molar-refractivity contribution in [2.24, 2.45) is 22.9 Å². The second-order valence-corrected chi connectivity index (χ2v) is 6.04. The molecule has 2 heterocycles. The number of hydrogen-bond donors (Lipinski definition) is 5. The van der Waals surface area contributed by atoms with Crippen LogP contribution >= 0.6 is 0 Å². The summed E-state index contributed by atoms with van der Waals surface area (Å²) in [4.78, 5) is 28.5. The van der Waals surface area contributed by atoms with Gasteiger partial charge < -0.3 is 37.9 Å². The van der Waals surface area contributed by atoms with Crippen molar-refractivity contribution in [2.75, 3.05) is 0 Å². The van der Waals surface area contributed by atoms with Crippen LogP contribution in [-0.4, -0.2) is 20.7 Å². The minimum atomic E-state index is -0.617. The maximum Gasteiger partial charge on any atom is 0.220 e. The van der Waals surface area contributed by atoms with Gasteiger partial charge in [-0.15, -0.1) is 0 Å². The number of carbonyl (C=O) groups is 1. The van der Waals surface area contributed by atoms with Gasteiger partial charge in [0.1, 0.15) is 0 Å². The van der Waals surface area contributed by atoms with Crippen molar-refractivity contribution in [2.45, 2.75) is 12.3 Å². The van der Waals surface area contributed by atoms with Crippen LogP contribution in [0.5, 0.6) is 0 Å². The molecule has 0 fully saturated rings. The van der Waals surface area contributed by atoms with E-state index in [0.29, 0.717) is 27.6 Å². The molecule has 0 bridgehead atoms. The van der Waals surface area contributed by atoms with Gasteiger partial charge in [-0.3, -0.25) is 4.79 Å². The first-order valence-corrected chi connectivity index (χ1v) is 7.93. The molecule has 2 aromatic heterocycles. The summed E-state index contributed by atoms with van der Waals surface area (Å²) < 4.78 is 0. The first-order chi connectivity index (χ1) is 12.4. The van der Waals surface area contributed by atoms with Gasteiger partial charge in [-0.05, 0) is 40.1 Å². The number of ketones is 1. The maximum atomic E-state index is 12.7. The van der Waals surface area contributed by atoms with Crippen molar-refractivity contribution in [3.8, 4) is 0 Å². The van der Waals surface area contributed by atoms with E-state index in [2.05, 4.69) is 19.9 Å². The summed E-state index contributed by atoms with van der Waals surface area (Å²) in [6.07, 6.45) is -1.22. The number of rotatable bonds is 4. The molecule has 10 heteroatoms. The number of H-pyrrole nitrogens is 1. The van der Waals surface area contributed by atoms with Gasteiger partial charge in [0.15, 0.2) is 5.82 Å². The van der Waals surface area contributed by atoms with Crippen LogP contribution in [0.2, 0.25) is 0 Å². The van der Waals surface area contributed by atoms with Gasteiger partial charge in [-0.2, -0.15) is 0 Å². The van der Waals surface area contributed by atoms with E-state index in [9.17, 15) is 4.79 Å². The molecule has 0 saturated carbocycles. The molecule has 0 radical (unpaired) electrons. The van der Waals surface area contributed by atoms with Crippen molar-refractivity contribution in [1.82, 2.24) is 19.9 Å². The third-order valence-electron chi connectivity index (χ3n) is 4.15. The fraction of sp³-hybridized carbons (Fsp3) is 0.118. The molecule has 0 spiro atoms. The standard InChI is InChI=1S/C17H18N8O.Zn/c18-14(19)7-1-3-9-11(5-7)24-16(22-9)13(26)17-23-10-4-2-8(15(20)21)6-12(10)25-17;/h1-6,14-15H,18-21H2,(H2,22,23,24,25,26);/p-1. The van der Waals surface area contributed by atoms with E-state index in [0.717, 1.165) is 5.56 Å². The van der Waals surface area contributed by atoms with Crippen LogP contribution in [0.25, 0.3) is 22.1 Å². The number of hydrogen-bond acceptors (Lipinski definition) is 7. The third kappa shape index (κ3) is 3.53. The smallest absolute Gasteiger partial charge is 0.220 e. The third-order valence-corrected chi connectivity index (χ3v) is 4.15. The minimum absolute atomic E-state index is 0. The summed E-state index contributed by atoms with van der Waals surface area (Å²) in [7, 11) is 0. The molecule has 0 amide bonds. The Morgan fingerprint density at radius 1 is 0.926 bits per heavy atom. The number of aromatic nitrogens is 4. The normalized spacial score (nSPS) is 11.5. The molecule has 4 aromatic rings. The maximum absolute atomic E-state index is 12.7. The largest absolute Gasteiger partial charge is 0.433 e. The molecule has 134 valence electrons. The van der Waals surface area contributed by atoms with E-state index < -0.39 is 18.1 Å². The number of nitrogens with two attached hydrogens (primary N) is 4. The monoisotopic (exact) mass is 413 g/mol. The molecular weight excluding hydrogens is 398 g/mol. The molecule has 0 atom stereocenters. The van der Waals surface area contributed by atoms with Crippen LogP contribution in [0, 0.1) is 0 Å². The van der Waals surface area contributed by atoms with Gasteiger partial charge in [0.2, 0.25) is 5.78 Å². The van der Waals surface area contributed by atoms with Gasteiger partial charge in [0.05, 0.1) is 23.4 Å². The number of fused-ring (bicyclic) bond motifs is 2. The number of aromatic amines is 1. The van der Waals surface area contributed by atoms with Crippen LogP contribution in [0.1, 0.15) is 39.9 Å². The molecule has 9 N–H and O–H groups in total. The fourth-order valence-corrected chi connectivity index (χ4v) is 2.73. The molecule has 0 aliphatic carbocycles. The Hall–Kier alpha value is -2.49. The average molecular weight is 415 g/mol. The zero-order valence-corrected chi connectivity index (χ0v) is 17.4. The van der Waals surface area contributed by atoms with E-state index in [-0.39, 0.29) is 31.1 Å². The van der Waals surface area contributed by atoms with Gasteiger partial charge in [0, 0.05) is 19.5 Å². The molecule has 2 aromatic carbocycles. The van der Waals surface area contributed by atoms with Gasteiger partial charge in [-0.1, -0.05) is 24.3 Å². The Morgan fingerprint density at radius 2 is 1.59 bits per heavy atom. The van der Waals surface area contributed by atoms with E-state index in [1.54, 1.807) is 36.4 Å². The first-order valence-electron chi connectivity index (χ1n) is 7.93. The van der Waals surface area contributed by atoms with Crippen molar-refractivity contribution in [3.63, 3.8) is 0 Å². The Kier molecular flexibility index (Phi) is 5.18. The Balaban J connectivity index is 0.00000210. The number of carbonyl (C=O) groups excluding carboxylic acids is 1. The van der Waals surface area contributed by atoms with Gasteiger partial charge in [-0.25, -0.2) is 4.98 Å². The van der Waals surface area contributed by atoms with Crippen LogP contribution in [0.15, 0.2) is 36.4 Å². The molecule has 4 rings (SSSR count). The van der Waals surface area contributed by atoms with E-state index in [4.69, 9.17) is 22.9 Å². The topological polar surface area (TPSA) is 177 Å². The van der Waals surface area contributed by atoms with Crippen molar-refractivity contribution in [1.29, 1.82) is 0 Å². The average Bonchev–Trinajstić information content (AvgIpc) is 3.23. The SMILES string of the molecule is NC(N)c1ccc2[n-]c(C(=O)c3nc4ccc(C(N)N)cc4[nH]3)nc2c1.[Zn]. The van der Waals surface area contributed by atoms with Crippen LogP contribution in [-0.2, 0) is 19.5 Å². The first kappa shape index (κ1) is 19.3. The number of benzene rings is 2.